The van der Waals surface area contributed by atoms with Gasteiger partial charge in [0.2, 0.25) is 5.95 Å². The number of H-pyrrole nitrogens is 1. The van der Waals surface area contributed by atoms with Crippen LogP contribution in [0.15, 0.2) is 17.2 Å². The van der Waals surface area contributed by atoms with E-state index < -0.39 is 0 Å². The molecule has 4 rings (SSSR count). The van der Waals surface area contributed by atoms with Gasteiger partial charge in [-0.2, -0.15) is 5.10 Å². The number of hydrogen-bond acceptors (Lipinski definition) is 5. The van der Waals surface area contributed by atoms with Crippen LogP contribution >= 0.6 is 11.6 Å². The van der Waals surface area contributed by atoms with E-state index >= 15 is 0 Å². The van der Waals surface area contributed by atoms with E-state index in [0.29, 0.717) is 24.1 Å². The molecule has 4 heterocycles. The van der Waals surface area contributed by atoms with E-state index in [1.165, 1.54) is 19.0 Å². The van der Waals surface area contributed by atoms with Crippen molar-refractivity contribution >= 4 is 23.2 Å². The molecule has 2 fully saturated rings. The largest absolute Gasteiger partial charge is 0.323 e. The van der Waals surface area contributed by atoms with E-state index in [1.807, 2.05) is 13.1 Å². The summed E-state index contributed by atoms with van der Waals surface area (Å²) in [5.41, 5.74) is 1.39. The Balaban J connectivity index is 1.54. The zero-order chi connectivity index (χ0) is 16.8. The first kappa shape index (κ1) is 15.7. The fourth-order valence-corrected chi connectivity index (χ4v) is 4.06. The first-order valence-electron chi connectivity index (χ1n) is 8.31. The Bertz CT molecular complexity index is 801. The molecule has 0 amide bonds. The Hall–Kier alpha value is -1.86. The van der Waals surface area contributed by atoms with Crippen molar-refractivity contribution in [3.63, 3.8) is 0 Å². The summed E-state index contributed by atoms with van der Waals surface area (Å²) in [6.07, 6.45) is 8.22. The average molecular weight is 349 g/mol. The minimum atomic E-state index is -0.355. The summed E-state index contributed by atoms with van der Waals surface area (Å²) >= 11 is 5.71. The van der Waals surface area contributed by atoms with Gasteiger partial charge >= 0.3 is 0 Å². The van der Waals surface area contributed by atoms with Crippen LogP contribution in [0.25, 0.3) is 0 Å². The van der Waals surface area contributed by atoms with E-state index in [-0.39, 0.29) is 10.6 Å². The van der Waals surface area contributed by atoms with Gasteiger partial charge in [-0.05, 0) is 39.7 Å². The van der Waals surface area contributed by atoms with Crippen molar-refractivity contribution in [1.29, 1.82) is 0 Å². The number of anilines is 2. The van der Waals surface area contributed by atoms with E-state index in [0.717, 1.165) is 24.2 Å². The smallest absolute Gasteiger partial charge is 0.271 e. The molecule has 24 heavy (non-hydrogen) atoms. The number of rotatable bonds is 3. The number of nitrogens with zero attached hydrogens (tertiary/aromatic N) is 4. The maximum absolute atomic E-state index is 11.6. The van der Waals surface area contributed by atoms with Crippen LogP contribution in [0, 0.1) is 6.92 Å². The van der Waals surface area contributed by atoms with Crippen LogP contribution in [0.1, 0.15) is 37.4 Å². The monoisotopic (exact) mass is 348 g/mol. The van der Waals surface area contributed by atoms with Crippen LogP contribution in [-0.4, -0.2) is 43.8 Å². The van der Waals surface area contributed by atoms with Gasteiger partial charge in [-0.3, -0.25) is 14.5 Å². The van der Waals surface area contributed by atoms with Gasteiger partial charge in [0.05, 0.1) is 23.6 Å². The van der Waals surface area contributed by atoms with E-state index in [1.54, 1.807) is 0 Å². The third kappa shape index (κ3) is 2.71. The maximum atomic E-state index is 11.6. The van der Waals surface area contributed by atoms with Gasteiger partial charge in [0, 0.05) is 18.3 Å². The summed E-state index contributed by atoms with van der Waals surface area (Å²) in [6.45, 7) is 1.95. The molecular weight excluding hydrogens is 328 g/mol. The first-order valence-corrected chi connectivity index (χ1v) is 8.68. The lowest BCUT2D eigenvalue weighted by Crippen LogP contribution is -2.40. The van der Waals surface area contributed by atoms with E-state index in [9.17, 15) is 4.79 Å². The summed E-state index contributed by atoms with van der Waals surface area (Å²) in [6, 6.07) is 1.78. The van der Waals surface area contributed by atoms with Crippen molar-refractivity contribution in [2.45, 2.75) is 50.7 Å². The predicted molar refractivity (Wildman–Crippen MR) is 93.0 cm³/mol. The number of hydrogen-bond donors (Lipinski definition) is 2. The van der Waals surface area contributed by atoms with Crippen molar-refractivity contribution in [3.8, 4) is 0 Å². The molecule has 8 heteroatoms. The average Bonchev–Trinajstić information content (AvgIpc) is 2.98. The zero-order valence-electron chi connectivity index (χ0n) is 13.8. The van der Waals surface area contributed by atoms with Gasteiger partial charge in [-0.15, -0.1) is 0 Å². The third-order valence-electron chi connectivity index (χ3n) is 5.37. The van der Waals surface area contributed by atoms with E-state index in [2.05, 4.69) is 37.0 Å². The highest BCUT2D eigenvalue weighted by molar-refractivity contribution is 6.30. The van der Waals surface area contributed by atoms with Crippen LogP contribution < -0.4 is 10.9 Å². The molecule has 128 valence electrons. The summed E-state index contributed by atoms with van der Waals surface area (Å²) in [5, 5.41) is 7.89. The summed E-state index contributed by atoms with van der Waals surface area (Å²) in [5.74, 6) is 0.371. The van der Waals surface area contributed by atoms with Crippen LogP contribution in [0.5, 0.6) is 0 Å². The number of fused-ring (bicyclic) bond motifs is 2. The molecule has 0 aromatic carbocycles. The molecule has 2 aromatic rings. The molecule has 0 radical (unpaired) electrons. The lowest BCUT2D eigenvalue weighted by Gasteiger charge is -2.36. The summed E-state index contributed by atoms with van der Waals surface area (Å²) in [7, 11) is 2.24. The summed E-state index contributed by atoms with van der Waals surface area (Å²) in [4.78, 5) is 20.8. The molecular formula is C16H21ClN6O. The molecule has 2 bridgehead atoms. The molecule has 2 atom stereocenters. The van der Waals surface area contributed by atoms with Crippen molar-refractivity contribution < 1.29 is 0 Å². The summed E-state index contributed by atoms with van der Waals surface area (Å²) < 4.78 is 2.07. The topological polar surface area (TPSA) is 78.8 Å². The number of halogens is 1. The minimum Gasteiger partial charge on any atom is -0.323 e. The highest BCUT2D eigenvalue weighted by atomic mass is 35.5. The van der Waals surface area contributed by atoms with Crippen LogP contribution in [0.4, 0.5) is 11.6 Å². The Morgan fingerprint density at radius 1 is 1.29 bits per heavy atom. The van der Waals surface area contributed by atoms with Gasteiger partial charge in [0.1, 0.15) is 5.02 Å². The van der Waals surface area contributed by atoms with Crippen molar-refractivity contribution in [2.75, 3.05) is 12.4 Å². The predicted octanol–water partition coefficient (Wildman–Crippen LogP) is 2.47. The Morgan fingerprint density at radius 2 is 2.00 bits per heavy atom. The zero-order valence-corrected chi connectivity index (χ0v) is 14.5. The second kappa shape index (κ2) is 5.89. The van der Waals surface area contributed by atoms with Crippen molar-refractivity contribution in [1.82, 2.24) is 24.6 Å². The molecule has 2 aliphatic rings. The lowest BCUT2D eigenvalue weighted by molar-refractivity contribution is 0.131. The number of aryl methyl sites for hydroxylation is 1. The number of piperidine rings is 1. The van der Waals surface area contributed by atoms with Crippen LogP contribution in [-0.2, 0) is 0 Å². The highest BCUT2D eigenvalue weighted by Gasteiger charge is 2.39. The Morgan fingerprint density at radius 3 is 2.67 bits per heavy atom. The molecule has 0 spiro atoms. The number of nitrogens with one attached hydrogen (secondary N) is 2. The second-order valence-electron chi connectivity index (χ2n) is 6.82. The van der Waals surface area contributed by atoms with Gasteiger partial charge in [-0.25, -0.2) is 4.98 Å². The standard InChI is InChI=1S/C16H21ClN6O/c1-9-14(19-16-18-7-13(17)15(24)20-16)8-23(21-9)12-5-10-3-4-11(6-12)22(10)2/h7-8,10-12H,3-6H2,1-2H3,(H2,18,19,20,24). The third-order valence-corrected chi connectivity index (χ3v) is 5.64. The van der Waals surface area contributed by atoms with Crippen molar-refractivity contribution in [3.05, 3.63) is 33.5 Å². The molecule has 0 aliphatic carbocycles. The molecule has 7 nitrogen and oxygen atoms in total. The van der Waals surface area contributed by atoms with Gasteiger partial charge in [0.15, 0.2) is 0 Å². The minimum absolute atomic E-state index is 0.0785. The van der Waals surface area contributed by atoms with Crippen LogP contribution in [0.3, 0.4) is 0 Å². The van der Waals surface area contributed by atoms with E-state index in [4.69, 9.17) is 11.6 Å². The van der Waals surface area contributed by atoms with Crippen molar-refractivity contribution in [2.24, 2.45) is 0 Å². The Kier molecular flexibility index (Phi) is 3.85. The molecule has 2 saturated heterocycles. The first-order chi connectivity index (χ1) is 11.5. The maximum Gasteiger partial charge on any atom is 0.271 e. The lowest BCUT2D eigenvalue weighted by atomic mass is 9.98. The Labute approximate surface area is 145 Å². The fraction of sp³-hybridized carbons (Fsp3) is 0.562. The molecule has 2 N–H and O–H groups in total. The molecule has 2 aliphatic heterocycles. The number of aromatic nitrogens is 4. The van der Waals surface area contributed by atoms with Gasteiger partial charge in [0.25, 0.3) is 5.56 Å². The van der Waals surface area contributed by atoms with Gasteiger partial charge in [-0.1, -0.05) is 11.6 Å². The quantitative estimate of drug-likeness (QED) is 0.890. The normalized spacial score (nSPS) is 26.7. The molecule has 2 unspecified atom stereocenters. The highest BCUT2D eigenvalue weighted by Crippen LogP contribution is 2.39. The SMILES string of the molecule is Cc1nn(C2CC3CCC(C2)N3C)cc1Nc1ncc(Cl)c(=O)[nH]1. The van der Waals surface area contributed by atoms with Gasteiger partial charge < -0.3 is 10.2 Å². The van der Waals surface area contributed by atoms with Crippen LogP contribution in [0.2, 0.25) is 5.02 Å². The molecule has 2 aromatic heterocycles. The second-order valence-corrected chi connectivity index (χ2v) is 7.22. The number of aromatic amines is 1. The molecule has 0 saturated carbocycles. The fourth-order valence-electron chi connectivity index (χ4n) is 3.96.